The smallest absolute Gasteiger partial charge is 0.239 e. The molecule has 7 nitrogen and oxygen atoms in total. The number of imidazole rings is 1. The molecule has 2 aromatic heterocycles. The Morgan fingerprint density at radius 2 is 1.65 bits per heavy atom. The van der Waals surface area contributed by atoms with Crippen LogP contribution in [0.15, 0.2) is 48.9 Å². The zero-order valence-corrected chi connectivity index (χ0v) is 19.4. The Balaban J connectivity index is 0.983. The Kier molecular flexibility index (Phi) is 5.35. The summed E-state index contributed by atoms with van der Waals surface area (Å²) in [5.41, 5.74) is 3.02. The second kappa shape index (κ2) is 8.53. The lowest BCUT2D eigenvalue weighted by Gasteiger charge is -2.56. The summed E-state index contributed by atoms with van der Waals surface area (Å²) in [7, 11) is 0. The zero-order chi connectivity index (χ0) is 23.1. The first-order valence-corrected chi connectivity index (χ1v) is 12.5. The number of rotatable bonds is 7. The van der Waals surface area contributed by atoms with E-state index >= 15 is 0 Å². The molecule has 4 aliphatic carbocycles. The third-order valence-electron chi connectivity index (χ3n) is 8.15. The fraction of sp³-hybridized carbons (Fsp3) is 0.481. The van der Waals surface area contributed by atoms with E-state index in [9.17, 15) is 9.59 Å². The van der Waals surface area contributed by atoms with Crippen LogP contribution >= 0.6 is 0 Å². The van der Waals surface area contributed by atoms with Crippen molar-refractivity contribution >= 4 is 22.8 Å². The van der Waals surface area contributed by atoms with E-state index in [0.717, 1.165) is 40.2 Å². The van der Waals surface area contributed by atoms with Crippen LogP contribution in [0.25, 0.3) is 16.9 Å². The van der Waals surface area contributed by atoms with Gasteiger partial charge in [0.25, 0.3) is 0 Å². The number of para-hydroxylation sites is 2. The average Bonchev–Trinajstić information content (AvgIpc) is 3.25. The number of nitrogens with zero attached hydrogens (tertiary/aromatic N) is 3. The molecule has 2 N–H and O–H groups in total. The lowest BCUT2D eigenvalue weighted by atomic mass is 9.49. The van der Waals surface area contributed by atoms with Gasteiger partial charge in [-0.25, -0.2) is 9.97 Å². The molecule has 4 bridgehead atoms. The van der Waals surface area contributed by atoms with Gasteiger partial charge in [0, 0.05) is 19.2 Å². The van der Waals surface area contributed by atoms with Crippen molar-refractivity contribution in [2.24, 2.45) is 23.2 Å². The molecule has 0 saturated heterocycles. The summed E-state index contributed by atoms with van der Waals surface area (Å²) in [6.07, 6.45) is 11.8. The van der Waals surface area contributed by atoms with Gasteiger partial charge < -0.3 is 10.6 Å². The predicted molar refractivity (Wildman–Crippen MR) is 129 cm³/mol. The number of fused-ring (bicyclic) bond motifs is 1. The van der Waals surface area contributed by atoms with E-state index in [2.05, 4.69) is 20.6 Å². The minimum absolute atomic E-state index is 0.0238. The molecule has 176 valence electrons. The van der Waals surface area contributed by atoms with E-state index < -0.39 is 0 Å². The summed E-state index contributed by atoms with van der Waals surface area (Å²) in [5.74, 6) is 3.11. The molecular formula is C27H31N5O2. The molecule has 2 amide bonds. The van der Waals surface area contributed by atoms with Gasteiger partial charge in [-0.3, -0.25) is 14.2 Å². The van der Waals surface area contributed by atoms with E-state index in [1.54, 1.807) is 12.5 Å². The van der Waals surface area contributed by atoms with E-state index in [-0.39, 0.29) is 23.8 Å². The highest BCUT2D eigenvalue weighted by Crippen LogP contribution is 2.61. The summed E-state index contributed by atoms with van der Waals surface area (Å²) >= 11 is 0. The van der Waals surface area contributed by atoms with Gasteiger partial charge in [-0.1, -0.05) is 18.2 Å². The molecule has 3 aromatic rings. The number of nitrogens with one attached hydrogen (secondary N) is 2. The van der Waals surface area contributed by atoms with Crippen molar-refractivity contribution in [2.75, 3.05) is 6.54 Å². The minimum atomic E-state index is -0.177. The summed E-state index contributed by atoms with van der Waals surface area (Å²) in [6, 6.07) is 11.8. The second-order valence-corrected chi connectivity index (χ2v) is 10.8. The maximum Gasteiger partial charge on any atom is 0.239 e. The van der Waals surface area contributed by atoms with Gasteiger partial charge in [0.2, 0.25) is 11.8 Å². The Labute approximate surface area is 199 Å². The molecule has 4 aliphatic rings. The molecule has 0 radical (unpaired) electrons. The minimum Gasteiger partial charge on any atom is -0.350 e. The molecule has 4 fully saturated rings. The van der Waals surface area contributed by atoms with Crippen LogP contribution in [0.3, 0.4) is 0 Å². The fourth-order valence-corrected chi connectivity index (χ4v) is 7.16. The maximum atomic E-state index is 12.6. The van der Waals surface area contributed by atoms with Crippen LogP contribution in [0.4, 0.5) is 0 Å². The van der Waals surface area contributed by atoms with E-state index in [1.165, 1.54) is 38.5 Å². The van der Waals surface area contributed by atoms with E-state index in [4.69, 9.17) is 0 Å². The molecule has 7 rings (SSSR count). The molecule has 7 heteroatoms. The van der Waals surface area contributed by atoms with E-state index in [1.807, 2.05) is 41.0 Å². The Morgan fingerprint density at radius 1 is 0.912 bits per heavy atom. The maximum absolute atomic E-state index is 12.6. The third kappa shape index (κ3) is 4.19. The standard InChI is InChI=1S/C27H31N5O2/c33-25(13-27-10-19-7-20(11-27)9-21(8-19)12-27)30-16-26(34)29-15-18-5-6-24(28-14-18)32-17-31-22-3-1-2-4-23(22)32/h1-6,14,17,19-21H,7-13,15-16H2,(H,29,34)(H,30,33). The van der Waals surface area contributed by atoms with Crippen molar-refractivity contribution in [1.82, 2.24) is 25.2 Å². The average molecular weight is 458 g/mol. The number of amides is 2. The van der Waals surface area contributed by atoms with Gasteiger partial charge in [-0.05, 0) is 85.5 Å². The Hall–Kier alpha value is -3.22. The summed E-state index contributed by atoms with van der Waals surface area (Å²) in [5, 5.41) is 5.75. The quantitative estimate of drug-likeness (QED) is 0.565. The van der Waals surface area contributed by atoms with Crippen LogP contribution in [0.1, 0.15) is 50.5 Å². The van der Waals surface area contributed by atoms with Gasteiger partial charge in [-0.15, -0.1) is 0 Å². The van der Waals surface area contributed by atoms with Gasteiger partial charge >= 0.3 is 0 Å². The number of hydrogen-bond donors (Lipinski definition) is 2. The van der Waals surface area contributed by atoms with E-state index in [0.29, 0.717) is 13.0 Å². The Morgan fingerprint density at radius 3 is 2.35 bits per heavy atom. The largest absolute Gasteiger partial charge is 0.350 e. The van der Waals surface area contributed by atoms with Gasteiger partial charge in [0.05, 0.1) is 17.6 Å². The summed E-state index contributed by atoms with van der Waals surface area (Å²) in [6.45, 7) is 0.402. The highest BCUT2D eigenvalue weighted by Gasteiger charge is 2.51. The molecule has 0 aliphatic heterocycles. The van der Waals surface area contributed by atoms with Gasteiger partial charge in [0.15, 0.2) is 0 Å². The van der Waals surface area contributed by atoms with Crippen molar-refractivity contribution in [3.05, 3.63) is 54.5 Å². The van der Waals surface area contributed by atoms with Crippen molar-refractivity contribution in [3.8, 4) is 5.82 Å². The van der Waals surface area contributed by atoms with Crippen molar-refractivity contribution in [1.29, 1.82) is 0 Å². The number of carbonyl (C=O) groups excluding carboxylic acids is 2. The molecular weight excluding hydrogens is 426 g/mol. The Bertz CT molecular complexity index is 1180. The van der Waals surface area contributed by atoms with Crippen LogP contribution in [-0.4, -0.2) is 32.9 Å². The molecule has 4 saturated carbocycles. The number of carbonyl (C=O) groups is 2. The van der Waals surface area contributed by atoms with Crippen LogP contribution < -0.4 is 10.6 Å². The van der Waals surface area contributed by atoms with Crippen LogP contribution in [0.2, 0.25) is 0 Å². The van der Waals surface area contributed by atoms with Gasteiger partial charge in [0.1, 0.15) is 12.1 Å². The fourth-order valence-electron chi connectivity index (χ4n) is 7.16. The topological polar surface area (TPSA) is 88.9 Å². The summed E-state index contributed by atoms with van der Waals surface area (Å²) in [4.78, 5) is 33.9. The monoisotopic (exact) mass is 457 g/mol. The molecule has 0 spiro atoms. The first kappa shape index (κ1) is 21.3. The number of pyridine rings is 1. The van der Waals surface area contributed by atoms with Crippen LogP contribution in [0.5, 0.6) is 0 Å². The normalized spacial score (nSPS) is 27.1. The zero-order valence-electron chi connectivity index (χ0n) is 19.4. The number of aromatic nitrogens is 3. The molecule has 2 heterocycles. The molecule has 34 heavy (non-hydrogen) atoms. The molecule has 0 atom stereocenters. The molecule has 1 aromatic carbocycles. The highest BCUT2D eigenvalue weighted by atomic mass is 16.2. The van der Waals surface area contributed by atoms with Crippen molar-refractivity contribution in [2.45, 2.75) is 51.5 Å². The first-order chi connectivity index (χ1) is 16.6. The summed E-state index contributed by atoms with van der Waals surface area (Å²) < 4.78 is 1.94. The van der Waals surface area contributed by atoms with Gasteiger partial charge in [-0.2, -0.15) is 0 Å². The van der Waals surface area contributed by atoms with Crippen molar-refractivity contribution in [3.63, 3.8) is 0 Å². The first-order valence-electron chi connectivity index (χ1n) is 12.5. The number of hydrogen-bond acceptors (Lipinski definition) is 4. The second-order valence-electron chi connectivity index (χ2n) is 10.8. The SMILES string of the molecule is O=C(CNC(=O)CC12CC3CC(CC(C3)C1)C2)NCc1ccc(-n2cnc3ccccc32)nc1. The molecule has 0 unspecified atom stereocenters. The lowest BCUT2D eigenvalue weighted by Crippen LogP contribution is -2.48. The predicted octanol–water partition coefficient (Wildman–Crippen LogP) is 3.76. The van der Waals surface area contributed by atoms with Crippen LogP contribution in [-0.2, 0) is 16.1 Å². The lowest BCUT2D eigenvalue weighted by molar-refractivity contribution is -0.131. The van der Waals surface area contributed by atoms with Crippen LogP contribution in [0, 0.1) is 23.2 Å². The highest BCUT2D eigenvalue weighted by molar-refractivity contribution is 5.85. The third-order valence-corrected chi connectivity index (χ3v) is 8.15. The number of benzene rings is 1. The van der Waals surface area contributed by atoms with Crippen molar-refractivity contribution < 1.29 is 9.59 Å².